The molecule has 0 fully saturated rings. The molecule has 3 aromatic rings. The number of nitrogens with zero attached hydrogens (tertiary/aromatic N) is 1. The van der Waals surface area contributed by atoms with Crippen molar-refractivity contribution in [3.63, 3.8) is 0 Å². The fraction of sp³-hybridized carbons (Fsp3) is 0.0714. The lowest BCUT2D eigenvalue weighted by molar-refractivity contribution is 1.42. The van der Waals surface area contributed by atoms with Crippen LogP contribution >= 0.6 is 11.3 Å². The van der Waals surface area contributed by atoms with Gasteiger partial charge in [-0.15, -0.1) is 11.3 Å². The molecular weight excluding hydrogens is 214 g/mol. The first-order chi connectivity index (χ1) is 7.79. The van der Waals surface area contributed by atoms with Crippen molar-refractivity contribution in [2.24, 2.45) is 0 Å². The number of hydrogen-bond donors (Lipinski definition) is 0. The van der Waals surface area contributed by atoms with E-state index >= 15 is 0 Å². The van der Waals surface area contributed by atoms with Gasteiger partial charge in [0.15, 0.2) is 0 Å². The lowest BCUT2D eigenvalue weighted by Crippen LogP contribution is -1.80. The molecule has 0 aliphatic rings. The minimum absolute atomic E-state index is 0.777. The van der Waals surface area contributed by atoms with Gasteiger partial charge in [0, 0.05) is 20.2 Å². The molecule has 0 radical (unpaired) electrons. The Bertz CT molecular complexity index is 731. The Morgan fingerprint density at radius 2 is 1.88 bits per heavy atom. The Morgan fingerprint density at radius 1 is 1.06 bits per heavy atom. The third-order valence-corrected chi connectivity index (χ3v) is 3.98. The molecule has 2 heteroatoms. The summed E-state index contributed by atoms with van der Waals surface area (Å²) < 4.78 is 2.48. The van der Waals surface area contributed by atoms with Crippen LogP contribution in [0.2, 0.25) is 0 Å². The molecular formula is C14H9NS. The summed E-state index contributed by atoms with van der Waals surface area (Å²) in [5.74, 6) is 0. The van der Waals surface area contributed by atoms with E-state index in [9.17, 15) is 0 Å². The van der Waals surface area contributed by atoms with E-state index in [-0.39, 0.29) is 0 Å². The Labute approximate surface area is 97.6 Å². The average Bonchev–Trinajstić information content (AvgIpc) is 2.66. The van der Waals surface area contributed by atoms with Gasteiger partial charge in [-0.05, 0) is 30.7 Å². The lowest BCUT2D eigenvalue weighted by atomic mass is 10.1. The van der Waals surface area contributed by atoms with Gasteiger partial charge in [0.1, 0.15) is 0 Å². The maximum absolute atomic E-state index is 9.01. The zero-order valence-corrected chi connectivity index (χ0v) is 9.64. The second-order valence-corrected chi connectivity index (χ2v) is 4.96. The van der Waals surface area contributed by atoms with Crippen LogP contribution in [0, 0.1) is 18.3 Å². The van der Waals surface area contributed by atoms with Crippen LogP contribution in [0.4, 0.5) is 0 Å². The Hall–Kier alpha value is -1.85. The van der Waals surface area contributed by atoms with E-state index in [0.29, 0.717) is 0 Å². The standard InChI is InChI=1S/C14H9NS/c1-9-6-12-11-4-2-3-5-13(11)16-14(12)7-10(9)8-15/h2-7H,1H3. The highest BCUT2D eigenvalue weighted by atomic mass is 32.1. The van der Waals surface area contributed by atoms with E-state index in [1.807, 2.05) is 13.0 Å². The summed E-state index contributed by atoms with van der Waals surface area (Å²) in [6, 6.07) is 14.7. The topological polar surface area (TPSA) is 23.8 Å². The third-order valence-electron chi connectivity index (χ3n) is 2.84. The molecule has 2 aromatic carbocycles. The van der Waals surface area contributed by atoms with Crippen LogP contribution in [0.3, 0.4) is 0 Å². The van der Waals surface area contributed by atoms with Gasteiger partial charge in [0.25, 0.3) is 0 Å². The molecule has 0 aliphatic carbocycles. The van der Waals surface area contributed by atoms with Crippen molar-refractivity contribution in [3.8, 4) is 6.07 Å². The average molecular weight is 223 g/mol. The van der Waals surface area contributed by atoms with Crippen LogP contribution in [0.25, 0.3) is 20.2 Å². The molecule has 0 unspecified atom stereocenters. The van der Waals surface area contributed by atoms with Crippen molar-refractivity contribution in [1.29, 1.82) is 5.26 Å². The SMILES string of the molecule is Cc1cc2c(cc1C#N)sc1ccccc12. The van der Waals surface area contributed by atoms with Crippen LogP contribution in [0.15, 0.2) is 36.4 Å². The lowest BCUT2D eigenvalue weighted by Gasteiger charge is -1.97. The summed E-state index contributed by atoms with van der Waals surface area (Å²) >= 11 is 1.75. The van der Waals surface area contributed by atoms with Crippen molar-refractivity contribution < 1.29 is 0 Å². The summed E-state index contributed by atoms with van der Waals surface area (Å²) in [6.45, 7) is 1.99. The number of nitriles is 1. The van der Waals surface area contributed by atoms with Gasteiger partial charge < -0.3 is 0 Å². The smallest absolute Gasteiger partial charge is 0.0994 e. The minimum atomic E-state index is 0.777. The van der Waals surface area contributed by atoms with Gasteiger partial charge in [0.2, 0.25) is 0 Å². The summed E-state index contributed by atoms with van der Waals surface area (Å²) in [5, 5.41) is 11.6. The predicted molar refractivity (Wildman–Crippen MR) is 68.8 cm³/mol. The number of thiophene rings is 1. The molecule has 1 heterocycles. The van der Waals surface area contributed by atoms with Crippen molar-refractivity contribution in [1.82, 2.24) is 0 Å². The molecule has 1 aromatic heterocycles. The number of benzene rings is 2. The quantitative estimate of drug-likeness (QED) is 0.559. The van der Waals surface area contributed by atoms with Crippen LogP contribution in [-0.2, 0) is 0 Å². The molecule has 0 N–H and O–H groups in total. The number of hydrogen-bond acceptors (Lipinski definition) is 2. The van der Waals surface area contributed by atoms with Gasteiger partial charge in [-0.2, -0.15) is 5.26 Å². The normalized spacial score (nSPS) is 10.8. The molecule has 0 saturated carbocycles. The molecule has 0 saturated heterocycles. The van der Waals surface area contributed by atoms with E-state index in [1.54, 1.807) is 11.3 Å². The molecule has 3 rings (SSSR count). The largest absolute Gasteiger partial charge is 0.192 e. The fourth-order valence-electron chi connectivity index (χ4n) is 2.00. The van der Waals surface area contributed by atoms with Crippen molar-refractivity contribution >= 4 is 31.5 Å². The monoisotopic (exact) mass is 223 g/mol. The van der Waals surface area contributed by atoms with E-state index < -0.39 is 0 Å². The zero-order chi connectivity index (χ0) is 11.1. The van der Waals surface area contributed by atoms with Crippen LogP contribution in [0.1, 0.15) is 11.1 Å². The van der Waals surface area contributed by atoms with Crippen molar-refractivity contribution in [2.75, 3.05) is 0 Å². The first-order valence-corrected chi connectivity index (χ1v) is 5.93. The van der Waals surface area contributed by atoms with Gasteiger partial charge in [0.05, 0.1) is 11.6 Å². The van der Waals surface area contributed by atoms with Crippen molar-refractivity contribution in [3.05, 3.63) is 47.5 Å². The van der Waals surface area contributed by atoms with Crippen LogP contribution in [0.5, 0.6) is 0 Å². The Kier molecular flexibility index (Phi) is 1.95. The number of aryl methyl sites for hydroxylation is 1. The molecule has 0 spiro atoms. The first kappa shape index (κ1) is 9.38. The van der Waals surface area contributed by atoms with E-state index in [1.165, 1.54) is 20.2 Å². The molecule has 0 bridgehead atoms. The third kappa shape index (κ3) is 1.22. The molecule has 16 heavy (non-hydrogen) atoms. The highest BCUT2D eigenvalue weighted by Crippen LogP contribution is 2.34. The highest BCUT2D eigenvalue weighted by Gasteiger charge is 2.07. The van der Waals surface area contributed by atoms with Gasteiger partial charge in [-0.3, -0.25) is 0 Å². The van der Waals surface area contributed by atoms with Crippen LogP contribution in [-0.4, -0.2) is 0 Å². The molecule has 0 amide bonds. The van der Waals surface area contributed by atoms with Gasteiger partial charge >= 0.3 is 0 Å². The second kappa shape index (κ2) is 3.33. The second-order valence-electron chi connectivity index (χ2n) is 3.87. The first-order valence-electron chi connectivity index (χ1n) is 5.11. The predicted octanol–water partition coefficient (Wildman–Crippen LogP) is 4.23. The van der Waals surface area contributed by atoms with E-state index in [0.717, 1.165) is 11.1 Å². The fourth-order valence-corrected chi connectivity index (χ4v) is 3.13. The van der Waals surface area contributed by atoms with Crippen molar-refractivity contribution in [2.45, 2.75) is 6.92 Å². The van der Waals surface area contributed by atoms with Gasteiger partial charge in [-0.25, -0.2) is 0 Å². The van der Waals surface area contributed by atoms with Crippen LogP contribution < -0.4 is 0 Å². The minimum Gasteiger partial charge on any atom is -0.192 e. The zero-order valence-electron chi connectivity index (χ0n) is 8.82. The molecule has 1 nitrogen and oxygen atoms in total. The summed E-state index contributed by atoms with van der Waals surface area (Å²) in [6.07, 6.45) is 0. The highest BCUT2D eigenvalue weighted by molar-refractivity contribution is 7.25. The number of fused-ring (bicyclic) bond motifs is 3. The summed E-state index contributed by atoms with van der Waals surface area (Å²) in [4.78, 5) is 0. The Balaban J connectivity index is 2.52. The van der Waals surface area contributed by atoms with E-state index in [4.69, 9.17) is 5.26 Å². The maximum Gasteiger partial charge on any atom is 0.0994 e. The summed E-state index contributed by atoms with van der Waals surface area (Å²) in [5.41, 5.74) is 1.83. The Morgan fingerprint density at radius 3 is 2.69 bits per heavy atom. The van der Waals surface area contributed by atoms with Gasteiger partial charge in [-0.1, -0.05) is 18.2 Å². The molecule has 76 valence electrons. The summed E-state index contributed by atoms with van der Waals surface area (Å²) in [7, 11) is 0. The maximum atomic E-state index is 9.01. The molecule has 0 atom stereocenters. The molecule has 0 aliphatic heterocycles. The van der Waals surface area contributed by atoms with E-state index in [2.05, 4.69) is 36.4 Å². The number of rotatable bonds is 0.